The zero-order valence-corrected chi connectivity index (χ0v) is 17.5. The molecule has 0 amide bonds. The van der Waals surface area contributed by atoms with Gasteiger partial charge in [0.15, 0.2) is 16.8 Å². The average Bonchev–Trinajstić information content (AvgIpc) is 3.47. The van der Waals surface area contributed by atoms with Crippen LogP contribution < -0.4 is 0 Å². The number of fused-ring (bicyclic) bond motifs is 1. The maximum atomic E-state index is 13.4. The third-order valence-electron chi connectivity index (χ3n) is 4.32. The molecule has 0 saturated heterocycles. The molecule has 0 aliphatic carbocycles. The number of halogens is 2. The number of nitrogens with zero attached hydrogens (tertiary/aromatic N) is 5. The number of rotatable bonds is 8. The maximum absolute atomic E-state index is 13.4. The molecule has 3 heterocycles. The third-order valence-corrected chi connectivity index (χ3v) is 6.13. The minimum atomic E-state index is -2.78. The average molecular weight is 450 g/mol. The first-order valence-electron chi connectivity index (χ1n) is 9.08. The summed E-state index contributed by atoms with van der Waals surface area (Å²) < 4.78 is 34.8. The first kappa shape index (κ1) is 20.5. The summed E-state index contributed by atoms with van der Waals surface area (Å²) in [6.45, 7) is -0.494. The molecule has 0 atom stereocenters. The molecule has 11 heteroatoms. The molecule has 3 aromatic heterocycles. The van der Waals surface area contributed by atoms with E-state index >= 15 is 0 Å². The number of thioether (sulfide) groups is 1. The predicted octanol–water partition coefficient (Wildman–Crippen LogP) is 4.61. The first-order valence-corrected chi connectivity index (χ1v) is 10.9. The third kappa shape index (κ3) is 4.08. The number of esters is 1. The van der Waals surface area contributed by atoms with Crippen molar-refractivity contribution in [3.63, 3.8) is 0 Å². The number of para-hydroxylation sites is 2. The van der Waals surface area contributed by atoms with E-state index in [0.29, 0.717) is 22.7 Å². The molecule has 30 heavy (non-hydrogen) atoms. The second kappa shape index (κ2) is 8.92. The molecule has 0 bridgehead atoms. The van der Waals surface area contributed by atoms with E-state index in [0.717, 1.165) is 15.3 Å². The fourth-order valence-electron chi connectivity index (χ4n) is 2.99. The molecule has 4 rings (SSSR count). The van der Waals surface area contributed by atoms with Gasteiger partial charge in [0.2, 0.25) is 0 Å². The molecule has 0 fully saturated rings. The summed E-state index contributed by atoms with van der Waals surface area (Å²) in [6, 6.07) is 10.5. The van der Waals surface area contributed by atoms with Crippen molar-refractivity contribution in [3.8, 4) is 10.7 Å². The van der Waals surface area contributed by atoms with E-state index < -0.39 is 12.5 Å². The highest BCUT2D eigenvalue weighted by molar-refractivity contribution is 7.99. The van der Waals surface area contributed by atoms with Crippen molar-refractivity contribution in [1.82, 2.24) is 24.3 Å². The zero-order chi connectivity index (χ0) is 21.1. The van der Waals surface area contributed by atoms with E-state index in [9.17, 15) is 13.6 Å². The van der Waals surface area contributed by atoms with Gasteiger partial charge in [0.25, 0.3) is 0 Å². The molecule has 0 aliphatic heterocycles. The Kier molecular flexibility index (Phi) is 6.09. The van der Waals surface area contributed by atoms with Gasteiger partial charge in [0, 0.05) is 6.54 Å². The molecule has 156 valence electrons. The molecule has 7 nitrogen and oxygen atoms in total. The lowest BCUT2D eigenvalue weighted by molar-refractivity contribution is -0.142. The van der Waals surface area contributed by atoms with Gasteiger partial charge in [-0.2, -0.15) is 8.78 Å². The summed E-state index contributed by atoms with van der Waals surface area (Å²) in [4.78, 5) is 17.3. The fourth-order valence-corrected chi connectivity index (χ4v) is 4.51. The van der Waals surface area contributed by atoms with E-state index in [1.54, 1.807) is 35.6 Å². The summed E-state index contributed by atoms with van der Waals surface area (Å²) in [7, 11) is 0. The van der Waals surface area contributed by atoms with Crippen LogP contribution in [-0.2, 0) is 22.7 Å². The molecular weight excluding hydrogens is 432 g/mol. The second-order valence-corrected chi connectivity index (χ2v) is 8.03. The normalized spacial score (nSPS) is 11.5. The summed E-state index contributed by atoms with van der Waals surface area (Å²) in [5, 5.41) is 10.9. The quantitative estimate of drug-likeness (QED) is 0.289. The maximum Gasteiger partial charge on any atom is 0.320 e. The Bertz CT molecular complexity index is 1160. The Morgan fingerprint density at radius 2 is 2.07 bits per heavy atom. The molecule has 0 radical (unpaired) electrons. The number of hydrogen-bond acceptors (Lipinski definition) is 7. The lowest BCUT2D eigenvalue weighted by Gasteiger charge is -2.09. The molecule has 4 aromatic rings. The highest BCUT2D eigenvalue weighted by Crippen LogP contribution is 2.27. The SMILES string of the molecule is CCn1c(SCC(=O)OCc2nc3ccccc3n2C(F)F)nnc1-c1cccs1. The Morgan fingerprint density at radius 1 is 1.23 bits per heavy atom. The number of hydrogen-bond donors (Lipinski definition) is 0. The smallest absolute Gasteiger partial charge is 0.320 e. The lowest BCUT2D eigenvalue weighted by atomic mass is 10.3. The van der Waals surface area contributed by atoms with Crippen LogP contribution in [0.2, 0.25) is 0 Å². The molecule has 0 saturated carbocycles. The highest BCUT2D eigenvalue weighted by Gasteiger charge is 2.19. The van der Waals surface area contributed by atoms with Gasteiger partial charge < -0.3 is 9.30 Å². The number of benzene rings is 1. The molecule has 0 aliphatic rings. The standard InChI is InChI=1S/C19H17F2N5O2S2/c1-2-25-17(14-8-5-9-29-14)23-24-19(25)30-11-16(27)28-10-15-22-12-6-3-4-7-13(12)26(15)18(20)21/h3-9,18H,2,10-11H2,1H3. The number of ether oxygens (including phenoxy) is 1. The number of carbonyl (C=O) groups excluding carboxylic acids is 1. The van der Waals surface area contributed by atoms with Crippen LogP contribution in [0, 0.1) is 0 Å². The van der Waals surface area contributed by atoms with E-state index in [-0.39, 0.29) is 18.2 Å². The van der Waals surface area contributed by atoms with Crippen molar-refractivity contribution in [2.24, 2.45) is 0 Å². The fraction of sp³-hybridized carbons (Fsp3) is 0.263. The topological polar surface area (TPSA) is 74.8 Å². The molecule has 0 spiro atoms. The summed E-state index contributed by atoms with van der Waals surface area (Å²) in [6.07, 6.45) is 0. The Balaban J connectivity index is 1.41. The molecule has 1 aromatic carbocycles. The van der Waals surface area contributed by atoms with Crippen LogP contribution in [0.5, 0.6) is 0 Å². The number of carbonyl (C=O) groups is 1. The Morgan fingerprint density at radius 3 is 2.80 bits per heavy atom. The monoisotopic (exact) mass is 449 g/mol. The van der Waals surface area contributed by atoms with E-state index in [1.807, 2.05) is 29.0 Å². The highest BCUT2D eigenvalue weighted by atomic mass is 32.2. The number of thiophene rings is 1. The van der Waals surface area contributed by atoms with Gasteiger partial charge in [-0.25, -0.2) is 4.98 Å². The largest absolute Gasteiger partial charge is 0.457 e. The van der Waals surface area contributed by atoms with Gasteiger partial charge in [0.05, 0.1) is 21.7 Å². The van der Waals surface area contributed by atoms with Crippen LogP contribution >= 0.6 is 23.1 Å². The van der Waals surface area contributed by atoms with Gasteiger partial charge in [-0.3, -0.25) is 9.36 Å². The molecular formula is C19H17F2N5O2S2. The Hall–Kier alpha value is -2.79. The van der Waals surface area contributed by atoms with E-state index in [4.69, 9.17) is 4.74 Å². The van der Waals surface area contributed by atoms with Crippen LogP contribution in [0.25, 0.3) is 21.7 Å². The van der Waals surface area contributed by atoms with Crippen LogP contribution in [0.3, 0.4) is 0 Å². The zero-order valence-electron chi connectivity index (χ0n) is 15.9. The van der Waals surface area contributed by atoms with Gasteiger partial charge in [0.1, 0.15) is 6.61 Å². The molecule has 0 unspecified atom stereocenters. The number of alkyl halides is 2. The van der Waals surface area contributed by atoms with E-state index in [1.165, 1.54) is 11.8 Å². The first-order chi connectivity index (χ1) is 14.6. The minimum absolute atomic E-state index is 0.00116. The van der Waals surface area contributed by atoms with Crippen molar-refractivity contribution >= 4 is 40.1 Å². The van der Waals surface area contributed by atoms with Crippen molar-refractivity contribution < 1.29 is 18.3 Å². The van der Waals surface area contributed by atoms with Gasteiger partial charge in [-0.15, -0.1) is 21.5 Å². The number of aromatic nitrogens is 5. The van der Waals surface area contributed by atoms with Crippen LogP contribution in [0.15, 0.2) is 46.9 Å². The number of imidazole rings is 1. The predicted molar refractivity (Wildman–Crippen MR) is 111 cm³/mol. The lowest BCUT2D eigenvalue weighted by Crippen LogP contribution is -2.12. The summed E-state index contributed by atoms with van der Waals surface area (Å²) in [5.74, 6) is 0.184. The summed E-state index contributed by atoms with van der Waals surface area (Å²) >= 11 is 2.75. The Labute approximate surface area is 178 Å². The van der Waals surface area contributed by atoms with Gasteiger partial charge in [-0.1, -0.05) is 30.0 Å². The van der Waals surface area contributed by atoms with Crippen molar-refractivity contribution in [3.05, 3.63) is 47.6 Å². The second-order valence-electron chi connectivity index (χ2n) is 6.14. The van der Waals surface area contributed by atoms with E-state index in [2.05, 4.69) is 15.2 Å². The van der Waals surface area contributed by atoms with Crippen LogP contribution in [0.1, 0.15) is 19.3 Å². The van der Waals surface area contributed by atoms with Crippen molar-refractivity contribution in [1.29, 1.82) is 0 Å². The summed E-state index contributed by atoms with van der Waals surface area (Å²) in [5.41, 5.74) is 0.723. The minimum Gasteiger partial charge on any atom is -0.457 e. The molecule has 0 N–H and O–H groups in total. The van der Waals surface area contributed by atoms with Crippen molar-refractivity contribution in [2.45, 2.75) is 31.8 Å². The van der Waals surface area contributed by atoms with Gasteiger partial charge >= 0.3 is 12.5 Å². The van der Waals surface area contributed by atoms with Crippen molar-refractivity contribution in [2.75, 3.05) is 5.75 Å². The van der Waals surface area contributed by atoms with Crippen LogP contribution in [0.4, 0.5) is 8.78 Å². The van der Waals surface area contributed by atoms with Gasteiger partial charge in [-0.05, 0) is 30.5 Å². The van der Waals surface area contributed by atoms with Crippen LogP contribution in [-0.4, -0.2) is 36.0 Å².